The van der Waals surface area contributed by atoms with E-state index in [0.717, 1.165) is 18.0 Å². The first-order valence-electron chi connectivity index (χ1n) is 7.97. The molecule has 0 fully saturated rings. The number of ether oxygens (including phenoxy) is 1. The van der Waals surface area contributed by atoms with Gasteiger partial charge >= 0.3 is 0 Å². The topological polar surface area (TPSA) is 32.8 Å². The summed E-state index contributed by atoms with van der Waals surface area (Å²) in [7, 11) is 4.06. The number of hydrogen-bond donors (Lipinski definition) is 0. The molecule has 1 aromatic heterocycles. The molecule has 1 amide bonds. The van der Waals surface area contributed by atoms with Crippen molar-refractivity contribution in [2.24, 2.45) is 0 Å². The van der Waals surface area contributed by atoms with Gasteiger partial charge in [-0.15, -0.1) is 11.3 Å². The van der Waals surface area contributed by atoms with Crippen molar-refractivity contribution in [1.82, 2.24) is 9.80 Å². The van der Waals surface area contributed by atoms with Gasteiger partial charge in [0, 0.05) is 18.0 Å². The first kappa shape index (κ1) is 17.3. The summed E-state index contributed by atoms with van der Waals surface area (Å²) in [5.41, 5.74) is 1.87. The summed E-state index contributed by atoms with van der Waals surface area (Å²) < 4.78 is 5.82. The van der Waals surface area contributed by atoms with Crippen LogP contribution in [0.3, 0.4) is 0 Å². The van der Waals surface area contributed by atoms with Crippen LogP contribution in [0.15, 0.2) is 30.3 Å². The highest BCUT2D eigenvalue weighted by molar-refractivity contribution is 7.14. The first-order chi connectivity index (χ1) is 11.5. The monoisotopic (exact) mass is 364 g/mol. The van der Waals surface area contributed by atoms with Crippen LogP contribution in [0.25, 0.3) is 0 Å². The van der Waals surface area contributed by atoms with Crippen LogP contribution >= 0.6 is 22.9 Å². The van der Waals surface area contributed by atoms with Crippen molar-refractivity contribution < 1.29 is 9.53 Å². The predicted molar refractivity (Wildman–Crippen MR) is 98.3 cm³/mol. The second-order valence-electron chi connectivity index (χ2n) is 6.12. The molecule has 1 aliphatic rings. The molecule has 128 valence electrons. The second kappa shape index (κ2) is 7.55. The van der Waals surface area contributed by atoms with Crippen LogP contribution < -0.4 is 4.74 Å². The molecular weight excluding hydrogens is 344 g/mol. The number of rotatable bonds is 5. The van der Waals surface area contributed by atoms with Gasteiger partial charge in [-0.05, 0) is 44.3 Å². The first-order valence-corrected chi connectivity index (χ1v) is 9.17. The van der Waals surface area contributed by atoms with Gasteiger partial charge in [0.15, 0.2) is 5.06 Å². The van der Waals surface area contributed by atoms with Gasteiger partial charge < -0.3 is 14.5 Å². The van der Waals surface area contributed by atoms with E-state index in [1.165, 1.54) is 10.4 Å². The third-order valence-electron chi connectivity index (χ3n) is 4.03. The number of benzene rings is 1. The lowest BCUT2D eigenvalue weighted by atomic mass is 10.1. The van der Waals surface area contributed by atoms with Crippen LogP contribution in [0.5, 0.6) is 5.06 Å². The predicted octanol–water partition coefficient (Wildman–Crippen LogP) is 3.54. The molecule has 24 heavy (non-hydrogen) atoms. The van der Waals surface area contributed by atoms with Gasteiger partial charge in [0.2, 0.25) is 0 Å². The molecule has 1 aliphatic heterocycles. The Labute approximate surface area is 151 Å². The number of carbonyl (C=O) groups is 1. The third-order valence-corrected chi connectivity index (χ3v) is 5.44. The molecule has 0 aliphatic carbocycles. The van der Waals surface area contributed by atoms with Crippen LogP contribution in [0.4, 0.5) is 0 Å². The number of fused-ring (bicyclic) bond motifs is 1. The summed E-state index contributed by atoms with van der Waals surface area (Å²) in [6.45, 7) is 2.90. The van der Waals surface area contributed by atoms with Crippen LogP contribution in [-0.4, -0.2) is 49.5 Å². The largest absolute Gasteiger partial charge is 0.483 e. The Hall–Kier alpha value is -1.56. The fraction of sp³-hybridized carbons (Fsp3) is 0.389. The highest BCUT2D eigenvalue weighted by atomic mass is 35.5. The number of thiophene rings is 1. The molecule has 0 N–H and O–H groups in total. The molecule has 4 nitrogen and oxygen atoms in total. The molecule has 0 saturated carbocycles. The maximum Gasteiger partial charge on any atom is 0.255 e. The lowest BCUT2D eigenvalue weighted by Crippen LogP contribution is -2.35. The van der Waals surface area contributed by atoms with Crippen LogP contribution in [0.2, 0.25) is 5.02 Å². The van der Waals surface area contributed by atoms with E-state index in [1.54, 1.807) is 23.5 Å². The van der Waals surface area contributed by atoms with E-state index in [0.29, 0.717) is 30.3 Å². The highest BCUT2D eigenvalue weighted by Gasteiger charge is 2.25. The van der Waals surface area contributed by atoms with Gasteiger partial charge in [0.25, 0.3) is 5.91 Å². The van der Waals surface area contributed by atoms with E-state index in [-0.39, 0.29) is 5.91 Å². The quantitative estimate of drug-likeness (QED) is 0.813. The minimum Gasteiger partial charge on any atom is -0.483 e. The molecule has 6 heteroatoms. The zero-order valence-electron chi connectivity index (χ0n) is 13.9. The Morgan fingerprint density at radius 2 is 2.17 bits per heavy atom. The lowest BCUT2D eigenvalue weighted by Gasteiger charge is -2.27. The Kier molecular flexibility index (Phi) is 5.43. The summed E-state index contributed by atoms with van der Waals surface area (Å²) >= 11 is 7.80. The van der Waals surface area contributed by atoms with E-state index in [2.05, 4.69) is 11.0 Å². The summed E-state index contributed by atoms with van der Waals surface area (Å²) in [5.74, 6) is -0.00488. The number of nitrogens with zero attached hydrogens (tertiary/aromatic N) is 2. The Balaban J connectivity index is 1.67. The fourth-order valence-electron chi connectivity index (χ4n) is 2.67. The summed E-state index contributed by atoms with van der Waals surface area (Å²) in [4.78, 5) is 17.9. The molecule has 2 aromatic rings. The van der Waals surface area contributed by atoms with Gasteiger partial charge in [0.05, 0.1) is 17.1 Å². The Bertz CT molecular complexity index is 730. The Morgan fingerprint density at radius 1 is 1.38 bits per heavy atom. The normalized spacial score (nSPS) is 13.9. The Morgan fingerprint density at radius 3 is 2.92 bits per heavy atom. The van der Waals surface area contributed by atoms with Crippen molar-refractivity contribution in [3.63, 3.8) is 0 Å². The van der Waals surface area contributed by atoms with Crippen molar-refractivity contribution >= 4 is 28.8 Å². The molecule has 0 saturated heterocycles. The van der Waals surface area contributed by atoms with E-state index >= 15 is 0 Å². The molecule has 0 radical (unpaired) electrons. The van der Waals surface area contributed by atoms with Crippen molar-refractivity contribution in [2.75, 3.05) is 33.8 Å². The molecule has 0 unspecified atom stereocenters. The maximum atomic E-state index is 12.7. The van der Waals surface area contributed by atoms with Crippen molar-refractivity contribution in [2.45, 2.75) is 13.0 Å². The maximum absolute atomic E-state index is 12.7. The zero-order chi connectivity index (χ0) is 17.1. The van der Waals surface area contributed by atoms with Crippen LogP contribution in [-0.2, 0) is 13.0 Å². The highest BCUT2D eigenvalue weighted by Crippen LogP contribution is 2.34. The number of halogens is 1. The number of likely N-dealkylation sites (N-methyl/N-ethyl adjacent to an activating group) is 1. The van der Waals surface area contributed by atoms with E-state index < -0.39 is 0 Å². The molecule has 0 atom stereocenters. The lowest BCUT2D eigenvalue weighted by molar-refractivity contribution is 0.0737. The average molecular weight is 365 g/mol. The second-order valence-corrected chi connectivity index (χ2v) is 7.63. The molecule has 0 spiro atoms. The average Bonchev–Trinajstić information content (AvgIpc) is 2.96. The SMILES string of the molecule is CN(C)CCOc1cc2c(s1)CN(C(=O)c1ccccc1Cl)CC2. The van der Waals surface area contributed by atoms with Gasteiger partial charge in [-0.3, -0.25) is 4.79 Å². The van der Waals surface area contributed by atoms with E-state index in [1.807, 2.05) is 31.1 Å². The van der Waals surface area contributed by atoms with Gasteiger partial charge in [-0.2, -0.15) is 0 Å². The molecule has 0 bridgehead atoms. The van der Waals surface area contributed by atoms with Crippen molar-refractivity contribution in [1.29, 1.82) is 0 Å². The summed E-state index contributed by atoms with van der Waals surface area (Å²) in [6, 6.07) is 9.34. The van der Waals surface area contributed by atoms with Crippen molar-refractivity contribution in [3.05, 3.63) is 51.4 Å². The third kappa shape index (κ3) is 3.91. The van der Waals surface area contributed by atoms with Gasteiger partial charge in [0.1, 0.15) is 6.61 Å². The van der Waals surface area contributed by atoms with E-state index in [9.17, 15) is 4.79 Å². The number of hydrogen-bond acceptors (Lipinski definition) is 4. The van der Waals surface area contributed by atoms with Crippen LogP contribution in [0.1, 0.15) is 20.8 Å². The molecular formula is C18H21ClN2O2S. The molecule has 3 rings (SSSR count). The molecule has 1 aromatic carbocycles. The fourth-order valence-corrected chi connectivity index (χ4v) is 3.99. The number of carbonyl (C=O) groups excluding carboxylic acids is 1. The summed E-state index contributed by atoms with van der Waals surface area (Å²) in [6.07, 6.45) is 0.860. The zero-order valence-corrected chi connectivity index (χ0v) is 15.5. The minimum absolute atomic E-state index is 0.00488. The smallest absolute Gasteiger partial charge is 0.255 e. The van der Waals surface area contributed by atoms with Gasteiger partial charge in [-0.1, -0.05) is 23.7 Å². The minimum atomic E-state index is -0.00488. The van der Waals surface area contributed by atoms with E-state index in [4.69, 9.17) is 16.3 Å². The standard InChI is InChI=1S/C18H21ClN2O2S/c1-20(2)9-10-23-17-11-13-7-8-21(12-16(13)24-17)18(22)14-5-3-4-6-15(14)19/h3-6,11H,7-10,12H2,1-2H3. The molecule has 2 heterocycles. The van der Waals surface area contributed by atoms with Gasteiger partial charge in [-0.25, -0.2) is 0 Å². The number of amides is 1. The van der Waals surface area contributed by atoms with Crippen molar-refractivity contribution in [3.8, 4) is 5.06 Å². The van der Waals surface area contributed by atoms with Crippen LogP contribution in [0, 0.1) is 0 Å². The summed E-state index contributed by atoms with van der Waals surface area (Å²) in [5, 5.41) is 1.45.